The fraction of sp³-hybridized carbons (Fsp3) is 0.167. The molecule has 0 aliphatic carbocycles. The Balaban J connectivity index is 2.78. The van der Waals surface area contributed by atoms with Crippen LogP contribution in [0.15, 0.2) is 30.3 Å². The first kappa shape index (κ1) is 9.65. The summed E-state index contributed by atoms with van der Waals surface area (Å²) in [5.41, 5.74) is 0. The number of hydrogen-bond donors (Lipinski definition) is 1. The lowest BCUT2D eigenvalue weighted by Crippen LogP contribution is -1.87. The maximum Gasteiger partial charge on any atom is 0.165 e. The smallest absolute Gasteiger partial charge is 0.165 e. The van der Waals surface area contributed by atoms with Gasteiger partial charge in [-0.1, -0.05) is 12.1 Å². The summed E-state index contributed by atoms with van der Waals surface area (Å²) < 4.78 is 10.2. The number of rotatable bonds is 2. The highest BCUT2D eigenvalue weighted by Crippen LogP contribution is 2.37. The molecule has 2 aromatic rings. The minimum atomic E-state index is 0.147. The average molecular weight is 204 g/mol. The standard InChI is InChI=1S/C12H12O3/c1-14-10-5-3-4-9-8(10)6-7-11(15-2)12(9)13/h3-7,13H,1-2H3. The monoisotopic (exact) mass is 204 g/mol. The van der Waals surface area contributed by atoms with Crippen molar-refractivity contribution in [3.05, 3.63) is 30.3 Å². The molecule has 0 fully saturated rings. The van der Waals surface area contributed by atoms with E-state index in [1.165, 1.54) is 7.11 Å². The molecule has 0 saturated heterocycles. The number of phenolic OH excluding ortho intramolecular Hbond substituents is 1. The van der Waals surface area contributed by atoms with Gasteiger partial charge in [0.1, 0.15) is 5.75 Å². The Morgan fingerprint density at radius 3 is 2.27 bits per heavy atom. The van der Waals surface area contributed by atoms with Crippen molar-refractivity contribution in [2.24, 2.45) is 0 Å². The fourth-order valence-electron chi connectivity index (χ4n) is 1.64. The first-order valence-corrected chi connectivity index (χ1v) is 4.60. The topological polar surface area (TPSA) is 38.7 Å². The van der Waals surface area contributed by atoms with Gasteiger partial charge in [-0.25, -0.2) is 0 Å². The molecule has 0 saturated carbocycles. The van der Waals surface area contributed by atoms with Gasteiger partial charge in [0.05, 0.1) is 14.2 Å². The van der Waals surface area contributed by atoms with Crippen LogP contribution in [-0.4, -0.2) is 19.3 Å². The van der Waals surface area contributed by atoms with Gasteiger partial charge in [0.15, 0.2) is 11.5 Å². The molecule has 2 aromatic carbocycles. The van der Waals surface area contributed by atoms with Crippen molar-refractivity contribution in [1.82, 2.24) is 0 Å². The molecule has 3 nitrogen and oxygen atoms in total. The number of phenols is 1. The van der Waals surface area contributed by atoms with Crippen molar-refractivity contribution in [2.75, 3.05) is 14.2 Å². The molecule has 0 radical (unpaired) electrons. The predicted octanol–water partition coefficient (Wildman–Crippen LogP) is 2.56. The van der Waals surface area contributed by atoms with E-state index in [2.05, 4.69) is 0 Å². The van der Waals surface area contributed by atoms with E-state index in [0.29, 0.717) is 5.75 Å². The van der Waals surface area contributed by atoms with Crippen molar-refractivity contribution >= 4 is 10.8 Å². The first-order chi connectivity index (χ1) is 7.27. The van der Waals surface area contributed by atoms with Crippen LogP contribution in [0, 0.1) is 0 Å². The van der Waals surface area contributed by atoms with E-state index < -0.39 is 0 Å². The second kappa shape index (κ2) is 3.69. The van der Waals surface area contributed by atoms with Gasteiger partial charge in [0.2, 0.25) is 0 Å². The van der Waals surface area contributed by atoms with Crippen LogP contribution in [0.25, 0.3) is 10.8 Å². The van der Waals surface area contributed by atoms with E-state index in [1.54, 1.807) is 13.2 Å². The molecule has 0 heterocycles. The molecular weight excluding hydrogens is 192 g/mol. The molecule has 0 spiro atoms. The van der Waals surface area contributed by atoms with Crippen molar-refractivity contribution in [2.45, 2.75) is 0 Å². The summed E-state index contributed by atoms with van der Waals surface area (Å²) in [6.45, 7) is 0. The lowest BCUT2D eigenvalue weighted by atomic mass is 10.1. The first-order valence-electron chi connectivity index (χ1n) is 4.60. The van der Waals surface area contributed by atoms with Crippen molar-refractivity contribution in [3.63, 3.8) is 0 Å². The summed E-state index contributed by atoms with van der Waals surface area (Å²) in [7, 11) is 3.14. The Hall–Kier alpha value is -1.90. The molecule has 0 aromatic heterocycles. The number of fused-ring (bicyclic) bond motifs is 1. The maximum absolute atomic E-state index is 9.89. The molecule has 1 N–H and O–H groups in total. The zero-order chi connectivity index (χ0) is 10.8. The molecule has 2 rings (SSSR count). The number of hydrogen-bond acceptors (Lipinski definition) is 3. The van der Waals surface area contributed by atoms with Crippen molar-refractivity contribution < 1.29 is 14.6 Å². The van der Waals surface area contributed by atoms with Crippen LogP contribution in [-0.2, 0) is 0 Å². The second-order valence-corrected chi connectivity index (χ2v) is 3.17. The normalized spacial score (nSPS) is 10.3. The van der Waals surface area contributed by atoms with Gasteiger partial charge < -0.3 is 14.6 Å². The van der Waals surface area contributed by atoms with E-state index in [1.807, 2.05) is 24.3 Å². The Morgan fingerprint density at radius 2 is 1.60 bits per heavy atom. The maximum atomic E-state index is 9.89. The summed E-state index contributed by atoms with van der Waals surface area (Å²) in [4.78, 5) is 0. The highest BCUT2D eigenvalue weighted by molar-refractivity contribution is 5.94. The van der Waals surface area contributed by atoms with Crippen LogP contribution in [0.3, 0.4) is 0 Å². The molecule has 0 unspecified atom stereocenters. The fourth-order valence-corrected chi connectivity index (χ4v) is 1.64. The second-order valence-electron chi connectivity index (χ2n) is 3.17. The van der Waals surface area contributed by atoms with Crippen LogP contribution in [0.5, 0.6) is 17.2 Å². The quantitative estimate of drug-likeness (QED) is 0.817. The van der Waals surface area contributed by atoms with E-state index in [4.69, 9.17) is 9.47 Å². The summed E-state index contributed by atoms with van der Waals surface area (Å²) in [6, 6.07) is 9.11. The molecular formula is C12H12O3. The van der Waals surface area contributed by atoms with E-state index in [0.717, 1.165) is 16.5 Å². The largest absolute Gasteiger partial charge is 0.504 e. The zero-order valence-electron chi connectivity index (χ0n) is 8.65. The van der Waals surface area contributed by atoms with Gasteiger partial charge in [0, 0.05) is 10.8 Å². The molecule has 15 heavy (non-hydrogen) atoms. The third-order valence-corrected chi connectivity index (χ3v) is 2.40. The minimum absolute atomic E-state index is 0.147. The molecule has 3 heteroatoms. The summed E-state index contributed by atoms with van der Waals surface area (Å²) >= 11 is 0. The van der Waals surface area contributed by atoms with Gasteiger partial charge in [-0.2, -0.15) is 0 Å². The van der Waals surface area contributed by atoms with Gasteiger partial charge in [0.25, 0.3) is 0 Å². The number of benzene rings is 2. The van der Waals surface area contributed by atoms with E-state index in [9.17, 15) is 5.11 Å². The van der Waals surface area contributed by atoms with Crippen LogP contribution in [0.2, 0.25) is 0 Å². The van der Waals surface area contributed by atoms with Crippen LogP contribution < -0.4 is 9.47 Å². The summed E-state index contributed by atoms with van der Waals surface area (Å²) in [6.07, 6.45) is 0. The molecule has 78 valence electrons. The Labute approximate surface area is 87.9 Å². The van der Waals surface area contributed by atoms with Gasteiger partial charge in [-0.05, 0) is 18.2 Å². The van der Waals surface area contributed by atoms with E-state index in [-0.39, 0.29) is 5.75 Å². The van der Waals surface area contributed by atoms with Gasteiger partial charge >= 0.3 is 0 Å². The van der Waals surface area contributed by atoms with Gasteiger partial charge in [-0.3, -0.25) is 0 Å². The molecule has 0 aliphatic rings. The Morgan fingerprint density at radius 1 is 0.867 bits per heavy atom. The Kier molecular flexibility index (Phi) is 2.37. The molecule has 0 atom stereocenters. The lowest BCUT2D eigenvalue weighted by molar-refractivity contribution is 0.376. The summed E-state index contributed by atoms with van der Waals surface area (Å²) in [5.74, 6) is 1.36. The minimum Gasteiger partial charge on any atom is -0.504 e. The molecule has 0 bridgehead atoms. The highest BCUT2D eigenvalue weighted by Gasteiger charge is 2.08. The van der Waals surface area contributed by atoms with Crippen LogP contribution in [0.4, 0.5) is 0 Å². The highest BCUT2D eigenvalue weighted by atomic mass is 16.5. The number of methoxy groups -OCH3 is 2. The third-order valence-electron chi connectivity index (χ3n) is 2.40. The van der Waals surface area contributed by atoms with Crippen molar-refractivity contribution in [1.29, 1.82) is 0 Å². The predicted molar refractivity (Wildman–Crippen MR) is 58.7 cm³/mol. The Bertz CT molecular complexity index is 491. The van der Waals surface area contributed by atoms with Crippen molar-refractivity contribution in [3.8, 4) is 17.2 Å². The number of aromatic hydroxyl groups is 1. The summed E-state index contributed by atoms with van der Waals surface area (Å²) in [5, 5.41) is 11.5. The lowest BCUT2D eigenvalue weighted by Gasteiger charge is -2.09. The molecule has 0 amide bonds. The van der Waals surface area contributed by atoms with E-state index >= 15 is 0 Å². The van der Waals surface area contributed by atoms with Crippen LogP contribution in [0.1, 0.15) is 0 Å². The molecule has 0 aliphatic heterocycles. The third kappa shape index (κ3) is 1.46. The van der Waals surface area contributed by atoms with Crippen LogP contribution >= 0.6 is 0 Å². The number of ether oxygens (including phenoxy) is 2. The average Bonchev–Trinajstić information content (AvgIpc) is 2.29. The van der Waals surface area contributed by atoms with Gasteiger partial charge in [-0.15, -0.1) is 0 Å². The SMILES string of the molecule is COc1ccc2c(OC)cccc2c1O. The zero-order valence-corrected chi connectivity index (χ0v) is 8.65.